The summed E-state index contributed by atoms with van der Waals surface area (Å²) in [7, 11) is -10.0. The minimum atomic E-state index is -5.02. The third kappa shape index (κ3) is 4.08. The van der Waals surface area contributed by atoms with E-state index in [0.717, 1.165) is 0 Å². The van der Waals surface area contributed by atoms with Crippen LogP contribution in [0.2, 0.25) is 0 Å². The Morgan fingerprint density at radius 2 is 1.71 bits per heavy atom. The Bertz CT molecular complexity index is 457. The molecule has 0 spiro atoms. The molecule has 0 radical (unpaired) electrons. The van der Waals surface area contributed by atoms with Crippen molar-refractivity contribution in [1.29, 1.82) is 0 Å². The van der Waals surface area contributed by atoms with Gasteiger partial charge in [0.1, 0.15) is 5.82 Å². The summed E-state index contributed by atoms with van der Waals surface area (Å²) in [5, 5.41) is 1.99. The van der Waals surface area contributed by atoms with Gasteiger partial charge in [-0.15, -0.1) is 0 Å². The van der Waals surface area contributed by atoms with Gasteiger partial charge in [0.15, 0.2) is 0 Å². The minimum Gasteiger partial charge on any atom is -0.397 e. The van der Waals surface area contributed by atoms with E-state index in [4.69, 9.17) is 25.3 Å². The molecule has 0 fully saturated rings. The van der Waals surface area contributed by atoms with Gasteiger partial charge >= 0.3 is 15.2 Å². The van der Waals surface area contributed by atoms with Gasteiger partial charge in [0.2, 0.25) is 5.52 Å². The molecule has 1 heterocycles. The summed E-state index contributed by atoms with van der Waals surface area (Å²) < 4.78 is 21.9. The van der Waals surface area contributed by atoms with E-state index in [0.29, 0.717) is 5.69 Å². The fraction of sp³-hybridized carbons (Fsp3) is 0.167. The van der Waals surface area contributed by atoms with Crippen LogP contribution >= 0.6 is 15.2 Å². The maximum absolute atomic E-state index is 10.9. The molecule has 0 aromatic carbocycles. The van der Waals surface area contributed by atoms with Crippen molar-refractivity contribution in [3.05, 3.63) is 18.3 Å². The van der Waals surface area contributed by atoms with Gasteiger partial charge in [-0.25, -0.2) is 4.98 Å². The van der Waals surface area contributed by atoms with E-state index in [1.807, 2.05) is 5.32 Å². The Balaban J connectivity index is 3.00. The molecule has 1 rings (SSSR count). The summed E-state index contributed by atoms with van der Waals surface area (Å²) in [6.45, 7) is 0. The molecule has 1 aromatic rings. The number of hydrogen-bond acceptors (Lipinski definition) is 5. The number of hydrogen-bond donors (Lipinski definition) is 6. The van der Waals surface area contributed by atoms with Crippen LogP contribution < -0.4 is 11.1 Å². The number of anilines is 2. The number of nitrogens with two attached hydrogens (primary N) is 1. The number of aromatic nitrogens is 1. The van der Waals surface area contributed by atoms with Gasteiger partial charge < -0.3 is 30.6 Å². The first-order valence-electron chi connectivity index (χ1n) is 4.19. The second-order valence-corrected chi connectivity index (χ2v) is 6.97. The maximum atomic E-state index is 10.9. The molecular weight excluding hydrogens is 272 g/mol. The molecule has 0 aliphatic heterocycles. The zero-order valence-corrected chi connectivity index (χ0v) is 10.1. The molecule has 0 unspecified atom stereocenters. The van der Waals surface area contributed by atoms with Crippen LogP contribution in [0.5, 0.6) is 0 Å². The summed E-state index contributed by atoms with van der Waals surface area (Å²) in [6.07, 6.45) is 1.18. The predicted molar refractivity (Wildman–Crippen MR) is 60.1 cm³/mol. The molecule has 1 aromatic heterocycles. The van der Waals surface area contributed by atoms with Gasteiger partial charge in [-0.1, -0.05) is 0 Å². The van der Waals surface area contributed by atoms with E-state index in [1.165, 1.54) is 18.3 Å². The first-order chi connectivity index (χ1) is 7.60. The Morgan fingerprint density at radius 1 is 1.18 bits per heavy atom. The normalized spacial score (nSPS) is 12.8. The van der Waals surface area contributed by atoms with Crippen LogP contribution in [0.3, 0.4) is 0 Å². The van der Waals surface area contributed by atoms with Crippen molar-refractivity contribution in [3.63, 3.8) is 0 Å². The van der Waals surface area contributed by atoms with E-state index in [-0.39, 0.29) is 5.82 Å². The first-order valence-corrected chi connectivity index (χ1v) is 7.55. The molecule has 17 heavy (non-hydrogen) atoms. The maximum Gasteiger partial charge on any atom is 0.360 e. The van der Waals surface area contributed by atoms with Gasteiger partial charge in [-0.05, 0) is 12.1 Å². The highest BCUT2D eigenvalue weighted by atomic mass is 31.2. The summed E-state index contributed by atoms with van der Waals surface area (Å²) in [6, 6.07) is 2.61. The van der Waals surface area contributed by atoms with Crippen molar-refractivity contribution in [1.82, 2.24) is 4.98 Å². The van der Waals surface area contributed by atoms with E-state index in [9.17, 15) is 9.13 Å². The number of nitrogen functional groups attached to an aromatic ring is 1. The highest BCUT2D eigenvalue weighted by Gasteiger charge is 2.43. The average Bonchev–Trinajstić information content (AvgIpc) is 2.13. The van der Waals surface area contributed by atoms with Crippen molar-refractivity contribution in [2.45, 2.75) is 5.52 Å². The molecule has 11 heteroatoms. The summed E-state index contributed by atoms with van der Waals surface area (Å²) in [5.74, 6) is -0.101. The quantitative estimate of drug-likeness (QED) is 0.407. The molecule has 0 saturated carbocycles. The number of pyridine rings is 1. The molecule has 0 amide bonds. The van der Waals surface area contributed by atoms with Gasteiger partial charge in [-0.3, -0.25) is 9.13 Å². The number of rotatable bonds is 4. The van der Waals surface area contributed by atoms with Crippen LogP contribution in [0, 0.1) is 0 Å². The van der Waals surface area contributed by atoms with Crippen LogP contribution in [-0.2, 0) is 9.13 Å². The zero-order chi connectivity index (χ0) is 13.3. The third-order valence-corrected chi connectivity index (χ3v) is 5.04. The standard InChI is InChI=1S/C6H11N3O6P2/c7-4-1-2-5(8-3-4)9-6(16(10,11)12)17(13,14)15/h1-3,6H,7H2,(H,8,9)(H2,10,11,12)(H2,13,14,15). The SMILES string of the molecule is Nc1ccc(NC(P(=O)(O)O)P(=O)(O)O)nc1. The highest BCUT2D eigenvalue weighted by Crippen LogP contribution is 2.59. The van der Waals surface area contributed by atoms with E-state index in [1.54, 1.807) is 0 Å². The van der Waals surface area contributed by atoms with Crippen LogP contribution in [0.25, 0.3) is 0 Å². The Labute approximate surface area is 96.0 Å². The summed E-state index contributed by atoms with van der Waals surface area (Å²) in [5.41, 5.74) is 3.31. The molecule has 96 valence electrons. The lowest BCUT2D eigenvalue weighted by Gasteiger charge is -2.21. The molecule has 0 aliphatic carbocycles. The lowest BCUT2D eigenvalue weighted by Crippen LogP contribution is -2.20. The highest BCUT2D eigenvalue weighted by molar-refractivity contribution is 7.71. The molecular formula is C6H11N3O6P2. The fourth-order valence-corrected chi connectivity index (χ4v) is 3.16. The van der Waals surface area contributed by atoms with Gasteiger partial charge in [-0.2, -0.15) is 0 Å². The lowest BCUT2D eigenvalue weighted by atomic mass is 10.4. The van der Waals surface area contributed by atoms with Gasteiger partial charge in [0.05, 0.1) is 11.9 Å². The molecule has 0 bridgehead atoms. The van der Waals surface area contributed by atoms with Crippen LogP contribution in [0.4, 0.5) is 11.5 Å². The van der Waals surface area contributed by atoms with E-state index in [2.05, 4.69) is 4.98 Å². The van der Waals surface area contributed by atoms with Gasteiger partial charge in [0, 0.05) is 0 Å². The second kappa shape index (κ2) is 4.73. The van der Waals surface area contributed by atoms with E-state index >= 15 is 0 Å². The van der Waals surface area contributed by atoms with Crippen molar-refractivity contribution in [2.24, 2.45) is 0 Å². The Hall–Kier alpha value is -0.950. The molecule has 7 N–H and O–H groups in total. The smallest absolute Gasteiger partial charge is 0.360 e. The second-order valence-electron chi connectivity index (χ2n) is 3.17. The predicted octanol–water partition coefficient (Wildman–Crippen LogP) is -0.285. The van der Waals surface area contributed by atoms with Crippen molar-refractivity contribution < 1.29 is 28.7 Å². The van der Waals surface area contributed by atoms with Gasteiger partial charge in [0.25, 0.3) is 0 Å². The molecule has 0 aliphatic rings. The molecule has 0 atom stereocenters. The topological polar surface area (TPSA) is 166 Å². The molecule has 0 saturated heterocycles. The summed E-state index contributed by atoms with van der Waals surface area (Å²) >= 11 is 0. The number of nitrogens with one attached hydrogen (secondary N) is 1. The monoisotopic (exact) mass is 283 g/mol. The minimum absolute atomic E-state index is 0.101. The largest absolute Gasteiger partial charge is 0.397 e. The van der Waals surface area contributed by atoms with Crippen molar-refractivity contribution >= 4 is 26.7 Å². The Morgan fingerprint density at radius 3 is 2.06 bits per heavy atom. The van der Waals surface area contributed by atoms with Crippen molar-refractivity contribution in [3.8, 4) is 0 Å². The van der Waals surface area contributed by atoms with Crippen LogP contribution in [0.1, 0.15) is 0 Å². The first kappa shape index (κ1) is 14.1. The molecule has 9 nitrogen and oxygen atoms in total. The van der Waals surface area contributed by atoms with Crippen LogP contribution in [0.15, 0.2) is 18.3 Å². The third-order valence-electron chi connectivity index (χ3n) is 1.70. The lowest BCUT2D eigenvalue weighted by molar-refractivity contribution is 0.343. The number of nitrogens with zero attached hydrogens (tertiary/aromatic N) is 1. The van der Waals surface area contributed by atoms with E-state index < -0.39 is 20.7 Å². The summed E-state index contributed by atoms with van der Waals surface area (Å²) in [4.78, 5) is 39.0. The fourth-order valence-electron chi connectivity index (χ4n) is 0.987. The average molecular weight is 283 g/mol. The van der Waals surface area contributed by atoms with Crippen molar-refractivity contribution in [2.75, 3.05) is 11.1 Å². The Kier molecular flexibility index (Phi) is 3.93. The van der Waals surface area contributed by atoms with Crippen LogP contribution in [-0.4, -0.2) is 30.1 Å². The zero-order valence-electron chi connectivity index (χ0n) is 8.33.